The zero-order chi connectivity index (χ0) is 23.4. The Hall–Kier alpha value is -2.84. The number of ether oxygens (including phenoxy) is 1. The maximum Gasteiger partial charge on any atom is 0.260 e. The van der Waals surface area contributed by atoms with Crippen LogP contribution in [0.2, 0.25) is 0 Å². The number of thiophene rings is 1. The highest BCUT2D eigenvalue weighted by Crippen LogP contribution is 2.35. The molecule has 0 saturated heterocycles. The van der Waals surface area contributed by atoms with Crippen molar-refractivity contribution in [2.24, 2.45) is 0 Å². The van der Waals surface area contributed by atoms with Gasteiger partial charge in [-0.2, -0.15) is 0 Å². The first kappa shape index (κ1) is 23.3. The van der Waals surface area contributed by atoms with Gasteiger partial charge in [0, 0.05) is 17.0 Å². The largest absolute Gasteiger partial charge is 0.389 e. The Kier molecular flexibility index (Phi) is 7.35. The maximum absolute atomic E-state index is 13.0. The highest BCUT2D eigenvalue weighted by atomic mass is 32.1. The number of hydrogen-bond acceptors (Lipinski definition) is 6. The molecule has 7 heteroatoms. The van der Waals surface area contributed by atoms with E-state index in [0.29, 0.717) is 30.9 Å². The lowest BCUT2D eigenvalue weighted by Gasteiger charge is -2.20. The summed E-state index contributed by atoms with van der Waals surface area (Å²) in [4.78, 5) is 24.4. The average Bonchev–Trinajstić information content (AvgIpc) is 3.11. The molecule has 0 spiro atoms. The first-order chi connectivity index (χ1) is 15.9. The molecule has 0 saturated carbocycles. The fraction of sp³-hybridized carbons (Fsp3) is 0.308. The molecular formula is C26H29N3O3S. The van der Waals surface area contributed by atoms with E-state index in [9.17, 15) is 9.90 Å². The molecule has 0 fully saturated rings. The zero-order valence-corrected chi connectivity index (χ0v) is 20.0. The SMILES string of the molecule is Cc1ccc(-c2c(C)sc3nc(CN(C)CC(O)COCc4ccccc4)[nH]c(=O)c23)cc1. The quantitative estimate of drug-likeness (QED) is 0.387. The second kappa shape index (κ2) is 10.4. The molecule has 2 aromatic carbocycles. The minimum absolute atomic E-state index is 0.130. The van der Waals surface area contributed by atoms with Crippen molar-refractivity contribution in [3.63, 3.8) is 0 Å². The van der Waals surface area contributed by atoms with E-state index in [-0.39, 0.29) is 12.2 Å². The number of likely N-dealkylation sites (N-methyl/N-ethyl adjacent to an activating group) is 1. The Morgan fingerprint density at radius 3 is 2.58 bits per heavy atom. The van der Waals surface area contributed by atoms with Crippen LogP contribution in [0.25, 0.3) is 21.3 Å². The Balaban J connectivity index is 1.41. The highest BCUT2D eigenvalue weighted by Gasteiger charge is 2.17. The van der Waals surface area contributed by atoms with Gasteiger partial charge in [0.15, 0.2) is 0 Å². The lowest BCUT2D eigenvalue weighted by atomic mass is 10.0. The molecule has 0 amide bonds. The molecule has 6 nitrogen and oxygen atoms in total. The summed E-state index contributed by atoms with van der Waals surface area (Å²) in [6.07, 6.45) is -0.633. The van der Waals surface area contributed by atoms with Crippen LogP contribution in [0.1, 0.15) is 21.8 Å². The molecular weight excluding hydrogens is 434 g/mol. The third-order valence-electron chi connectivity index (χ3n) is 5.49. The summed E-state index contributed by atoms with van der Waals surface area (Å²) in [7, 11) is 1.89. The standard InChI is InChI=1S/C26H29N3O3S/c1-17-9-11-20(12-10-17)23-18(2)33-26-24(23)25(31)27-22(28-26)14-29(3)13-21(30)16-32-15-19-7-5-4-6-8-19/h4-12,21,30H,13-16H2,1-3H3,(H,27,28,31). The second-order valence-corrected chi connectivity index (χ2v) is 9.65. The van der Waals surface area contributed by atoms with E-state index in [1.807, 2.05) is 68.3 Å². The molecule has 33 heavy (non-hydrogen) atoms. The van der Waals surface area contributed by atoms with Gasteiger partial charge in [-0.25, -0.2) is 4.98 Å². The van der Waals surface area contributed by atoms with Crippen molar-refractivity contribution in [1.29, 1.82) is 0 Å². The normalized spacial score (nSPS) is 12.5. The van der Waals surface area contributed by atoms with Gasteiger partial charge < -0.3 is 14.8 Å². The van der Waals surface area contributed by atoms with E-state index in [4.69, 9.17) is 9.72 Å². The summed E-state index contributed by atoms with van der Waals surface area (Å²) < 4.78 is 5.63. The van der Waals surface area contributed by atoms with Crippen LogP contribution in [0, 0.1) is 13.8 Å². The van der Waals surface area contributed by atoms with E-state index in [0.717, 1.165) is 26.4 Å². The van der Waals surface area contributed by atoms with E-state index >= 15 is 0 Å². The van der Waals surface area contributed by atoms with Gasteiger partial charge in [0.2, 0.25) is 0 Å². The number of aliphatic hydroxyl groups excluding tert-OH is 1. The number of nitrogens with one attached hydrogen (secondary N) is 1. The molecule has 0 aliphatic heterocycles. The lowest BCUT2D eigenvalue weighted by molar-refractivity contribution is 0.0124. The molecule has 1 unspecified atom stereocenters. The van der Waals surface area contributed by atoms with Crippen LogP contribution < -0.4 is 5.56 Å². The fourth-order valence-electron chi connectivity index (χ4n) is 3.93. The number of aromatic amines is 1. The number of fused-ring (bicyclic) bond motifs is 1. The second-order valence-electron chi connectivity index (χ2n) is 8.44. The molecule has 4 aromatic rings. The first-order valence-corrected chi connectivity index (χ1v) is 11.8. The van der Waals surface area contributed by atoms with Gasteiger partial charge in [0.25, 0.3) is 5.56 Å². The molecule has 2 N–H and O–H groups in total. The third-order valence-corrected chi connectivity index (χ3v) is 6.49. The van der Waals surface area contributed by atoms with Crippen LogP contribution in [-0.4, -0.2) is 46.3 Å². The van der Waals surface area contributed by atoms with Crippen LogP contribution in [0.15, 0.2) is 59.4 Å². The lowest BCUT2D eigenvalue weighted by Crippen LogP contribution is -2.32. The van der Waals surface area contributed by atoms with E-state index in [1.165, 1.54) is 16.9 Å². The molecule has 0 radical (unpaired) electrons. The average molecular weight is 464 g/mol. The van der Waals surface area contributed by atoms with Crippen LogP contribution >= 0.6 is 11.3 Å². The van der Waals surface area contributed by atoms with Crippen molar-refractivity contribution in [2.75, 3.05) is 20.2 Å². The third kappa shape index (κ3) is 5.75. The molecule has 0 aliphatic carbocycles. The summed E-state index contributed by atoms with van der Waals surface area (Å²) in [5, 5.41) is 11.0. The number of H-pyrrole nitrogens is 1. The van der Waals surface area contributed by atoms with Gasteiger partial charge in [0.1, 0.15) is 10.7 Å². The van der Waals surface area contributed by atoms with Gasteiger partial charge in [-0.05, 0) is 32.0 Å². The van der Waals surface area contributed by atoms with Gasteiger partial charge in [0.05, 0.1) is 31.2 Å². The Morgan fingerprint density at radius 2 is 1.85 bits per heavy atom. The summed E-state index contributed by atoms with van der Waals surface area (Å²) in [5.74, 6) is 0.587. The summed E-state index contributed by atoms with van der Waals surface area (Å²) in [6, 6.07) is 18.1. The van der Waals surface area contributed by atoms with Gasteiger partial charge in [-0.3, -0.25) is 9.69 Å². The van der Waals surface area contributed by atoms with Crippen molar-refractivity contribution in [2.45, 2.75) is 33.1 Å². The number of aromatic nitrogens is 2. The predicted molar refractivity (Wildman–Crippen MR) is 134 cm³/mol. The predicted octanol–water partition coefficient (Wildman–Crippen LogP) is 4.28. The molecule has 0 bridgehead atoms. The molecule has 172 valence electrons. The van der Waals surface area contributed by atoms with Crippen molar-refractivity contribution in [1.82, 2.24) is 14.9 Å². The topological polar surface area (TPSA) is 78.5 Å². The Bertz CT molecular complexity index is 1270. The Labute approximate surface area is 197 Å². The van der Waals surface area contributed by atoms with Crippen LogP contribution in [-0.2, 0) is 17.9 Å². The number of aryl methyl sites for hydroxylation is 2. The van der Waals surface area contributed by atoms with Crippen LogP contribution in [0.3, 0.4) is 0 Å². The smallest absolute Gasteiger partial charge is 0.260 e. The summed E-state index contributed by atoms with van der Waals surface area (Å²) in [5.41, 5.74) is 4.11. The van der Waals surface area contributed by atoms with Crippen LogP contribution in [0.5, 0.6) is 0 Å². The highest BCUT2D eigenvalue weighted by molar-refractivity contribution is 7.19. The van der Waals surface area contributed by atoms with Crippen molar-refractivity contribution in [3.05, 3.63) is 86.8 Å². The van der Waals surface area contributed by atoms with Crippen molar-refractivity contribution >= 4 is 21.6 Å². The number of benzene rings is 2. The number of aliphatic hydroxyl groups is 1. The molecule has 2 heterocycles. The molecule has 4 rings (SSSR count). The molecule has 0 aliphatic rings. The van der Waals surface area contributed by atoms with Gasteiger partial charge in [-0.1, -0.05) is 60.2 Å². The van der Waals surface area contributed by atoms with E-state index in [1.54, 1.807) is 0 Å². The van der Waals surface area contributed by atoms with E-state index in [2.05, 4.69) is 17.1 Å². The first-order valence-electron chi connectivity index (χ1n) is 11.0. The zero-order valence-electron chi connectivity index (χ0n) is 19.2. The molecule has 2 aromatic heterocycles. The summed E-state index contributed by atoms with van der Waals surface area (Å²) >= 11 is 1.54. The van der Waals surface area contributed by atoms with Crippen molar-refractivity contribution < 1.29 is 9.84 Å². The van der Waals surface area contributed by atoms with E-state index < -0.39 is 6.10 Å². The maximum atomic E-state index is 13.0. The number of rotatable bonds is 9. The minimum atomic E-state index is -0.633. The monoisotopic (exact) mass is 463 g/mol. The van der Waals surface area contributed by atoms with Gasteiger partial charge >= 0.3 is 0 Å². The minimum Gasteiger partial charge on any atom is -0.389 e. The summed E-state index contributed by atoms with van der Waals surface area (Å²) in [6.45, 7) is 5.62. The van der Waals surface area contributed by atoms with Crippen molar-refractivity contribution in [3.8, 4) is 11.1 Å². The van der Waals surface area contributed by atoms with Crippen LogP contribution in [0.4, 0.5) is 0 Å². The number of nitrogens with zero attached hydrogens (tertiary/aromatic N) is 2. The number of hydrogen-bond donors (Lipinski definition) is 2. The Morgan fingerprint density at radius 1 is 1.12 bits per heavy atom. The van der Waals surface area contributed by atoms with Gasteiger partial charge in [-0.15, -0.1) is 11.3 Å². The molecule has 1 atom stereocenters. The fourth-order valence-corrected chi connectivity index (χ4v) is 4.99.